The second-order valence-electron chi connectivity index (χ2n) is 3.38. The number of hydrogen-bond donors (Lipinski definition) is 1. The first-order chi connectivity index (χ1) is 6.15. The third-order valence-corrected chi connectivity index (χ3v) is 2.20. The molecular weight excluding hydrogens is 162 g/mol. The lowest BCUT2D eigenvalue weighted by Crippen LogP contribution is -2.12. The van der Waals surface area contributed by atoms with Crippen LogP contribution in [0.3, 0.4) is 0 Å². The molecule has 13 heavy (non-hydrogen) atoms. The van der Waals surface area contributed by atoms with E-state index in [0.717, 1.165) is 6.41 Å². The van der Waals surface area contributed by atoms with E-state index in [9.17, 15) is 4.79 Å². The third-order valence-electron chi connectivity index (χ3n) is 2.20. The highest BCUT2D eigenvalue weighted by atomic mass is 16.1. The number of aryl methyl sites for hydroxylation is 3. The first-order valence-corrected chi connectivity index (χ1v) is 4.39. The standard InChI is InChI=1S/C11H15NO/c1-8-4-9(2)11(6-12-7-13)10(3)5-8/h4-5,7H,6H2,1-3H3,(H,12,13). The number of rotatable bonds is 3. The Balaban J connectivity index is 2.98. The molecule has 70 valence electrons. The lowest BCUT2D eigenvalue weighted by atomic mass is 10.00. The van der Waals surface area contributed by atoms with Gasteiger partial charge in [0.2, 0.25) is 6.41 Å². The average molecular weight is 177 g/mol. The predicted octanol–water partition coefficient (Wildman–Crippen LogP) is 1.86. The van der Waals surface area contributed by atoms with E-state index in [2.05, 4.69) is 38.2 Å². The molecule has 0 aliphatic heterocycles. The first-order valence-electron chi connectivity index (χ1n) is 4.39. The van der Waals surface area contributed by atoms with E-state index < -0.39 is 0 Å². The van der Waals surface area contributed by atoms with Gasteiger partial charge in [-0.2, -0.15) is 0 Å². The van der Waals surface area contributed by atoms with Crippen molar-refractivity contribution in [1.82, 2.24) is 5.32 Å². The van der Waals surface area contributed by atoms with E-state index in [4.69, 9.17) is 0 Å². The van der Waals surface area contributed by atoms with Gasteiger partial charge in [0, 0.05) is 6.54 Å². The van der Waals surface area contributed by atoms with Gasteiger partial charge in [-0.1, -0.05) is 17.7 Å². The van der Waals surface area contributed by atoms with Crippen molar-refractivity contribution in [2.45, 2.75) is 27.3 Å². The van der Waals surface area contributed by atoms with Crippen LogP contribution in [0.2, 0.25) is 0 Å². The molecule has 0 atom stereocenters. The normalized spacial score (nSPS) is 9.77. The van der Waals surface area contributed by atoms with E-state index in [0.29, 0.717) is 6.54 Å². The molecule has 0 bridgehead atoms. The zero-order valence-corrected chi connectivity index (χ0v) is 8.35. The van der Waals surface area contributed by atoms with E-state index >= 15 is 0 Å². The summed E-state index contributed by atoms with van der Waals surface area (Å²) in [6, 6.07) is 4.27. The van der Waals surface area contributed by atoms with Crippen LogP contribution in [0.25, 0.3) is 0 Å². The Labute approximate surface area is 79.0 Å². The third kappa shape index (κ3) is 2.31. The van der Waals surface area contributed by atoms with Crippen LogP contribution in [0.4, 0.5) is 0 Å². The lowest BCUT2D eigenvalue weighted by molar-refractivity contribution is -0.109. The number of nitrogens with one attached hydrogen (secondary N) is 1. The summed E-state index contributed by atoms with van der Waals surface area (Å²) in [5.41, 5.74) is 4.97. The Morgan fingerprint density at radius 3 is 2.23 bits per heavy atom. The van der Waals surface area contributed by atoms with Crippen molar-refractivity contribution in [1.29, 1.82) is 0 Å². The van der Waals surface area contributed by atoms with E-state index in [1.165, 1.54) is 22.3 Å². The Kier molecular flexibility index (Phi) is 3.07. The van der Waals surface area contributed by atoms with Crippen LogP contribution in [0.15, 0.2) is 12.1 Å². The van der Waals surface area contributed by atoms with Gasteiger partial charge in [0.15, 0.2) is 0 Å². The highest BCUT2D eigenvalue weighted by Gasteiger charge is 2.02. The number of amides is 1. The molecule has 0 aliphatic carbocycles. The van der Waals surface area contributed by atoms with Gasteiger partial charge in [0.05, 0.1) is 0 Å². The van der Waals surface area contributed by atoms with Gasteiger partial charge in [-0.05, 0) is 37.5 Å². The van der Waals surface area contributed by atoms with Crippen LogP contribution in [0.1, 0.15) is 22.3 Å². The lowest BCUT2D eigenvalue weighted by Gasteiger charge is -2.10. The quantitative estimate of drug-likeness (QED) is 0.701. The van der Waals surface area contributed by atoms with Gasteiger partial charge in [-0.25, -0.2) is 0 Å². The first kappa shape index (κ1) is 9.78. The van der Waals surface area contributed by atoms with Gasteiger partial charge in [-0.15, -0.1) is 0 Å². The van der Waals surface area contributed by atoms with Crippen molar-refractivity contribution < 1.29 is 4.79 Å². The van der Waals surface area contributed by atoms with Crippen LogP contribution < -0.4 is 5.32 Å². The molecule has 1 amide bonds. The number of carbonyl (C=O) groups is 1. The summed E-state index contributed by atoms with van der Waals surface area (Å²) in [6.45, 7) is 6.85. The molecule has 0 saturated heterocycles. The largest absolute Gasteiger partial charge is 0.355 e. The molecule has 1 N–H and O–H groups in total. The predicted molar refractivity (Wildman–Crippen MR) is 53.6 cm³/mol. The molecule has 0 fully saturated rings. The zero-order valence-electron chi connectivity index (χ0n) is 8.35. The average Bonchev–Trinajstić information content (AvgIpc) is 2.02. The van der Waals surface area contributed by atoms with Gasteiger partial charge in [0.1, 0.15) is 0 Å². The summed E-state index contributed by atoms with van der Waals surface area (Å²) in [7, 11) is 0. The van der Waals surface area contributed by atoms with Crippen molar-refractivity contribution in [3.63, 3.8) is 0 Å². The molecule has 0 radical (unpaired) electrons. The summed E-state index contributed by atoms with van der Waals surface area (Å²) in [5, 5.41) is 2.69. The topological polar surface area (TPSA) is 29.1 Å². The van der Waals surface area contributed by atoms with Crippen molar-refractivity contribution in [2.75, 3.05) is 0 Å². The van der Waals surface area contributed by atoms with Crippen molar-refractivity contribution >= 4 is 6.41 Å². The van der Waals surface area contributed by atoms with Crippen LogP contribution >= 0.6 is 0 Å². The van der Waals surface area contributed by atoms with Crippen LogP contribution in [-0.4, -0.2) is 6.41 Å². The zero-order chi connectivity index (χ0) is 9.84. The minimum absolute atomic E-state index is 0.626. The van der Waals surface area contributed by atoms with E-state index in [1.54, 1.807) is 0 Å². The molecule has 0 aromatic heterocycles. The van der Waals surface area contributed by atoms with Crippen molar-refractivity contribution in [3.8, 4) is 0 Å². The fraction of sp³-hybridized carbons (Fsp3) is 0.364. The summed E-state index contributed by atoms with van der Waals surface area (Å²) in [6.07, 6.45) is 0.735. The van der Waals surface area contributed by atoms with Crippen LogP contribution in [0.5, 0.6) is 0 Å². The Hall–Kier alpha value is -1.31. The van der Waals surface area contributed by atoms with Crippen LogP contribution in [-0.2, 0) is 11.3 Å². The highest BCUT2D eigenvalue weighted by Crippen LogP contribution is 2.15. The molecule has 0 unspecified atom stereocenters. The second kappa shape index (κ2) is 4.08. The summed E-state index contributed by atoms with van der Waals surface area (Å²) in [4.78, 5) is 10.2. The molecule has 2 heteroatoms. The molecule has 0 heterocycles. The SMILES string of the molecule is Cc1cc(C)c(CNC=O)c(C)c1. The minimum atomic E-state index is 0.626. The molecular formula is C11H15NO. The Bertz CT molecular complexity index is 295. The molecule has 1 aromatic carbocycles. The smallest absolute Gasteiger partial charge is 0.207 e. The maximum atomic E-state index is 10.2. The Morgan fingerprint density at radius 1 is 1.23 bits per heavy atom. The van der Waals surface area contributed by atoms with Gasteiger partial charge < -0.3 is 5.32 Å². The fourth-order valence-electron chi connectivity index (χ4n) is 1.63. The number of carbonyl (C=O) groups excluding carboxylic acids is 1. The Morgan fingerprint density at radius 2 is 1.77 bits per heavy atom. The van der Waals surface area contributed by atoms with Crippen LogP contribution in [0, 0.1) is 20.8 Å². The van der Waals surface area contributed by atoms with Crippen molar-refractivity contribution in [3.05, 3.63) is 34.4 Å². The molecule has 1 aromatic rings. The highest BCUT2D eigenvalue weighted by molar-refractivity contribution is 5.47. The maximum Gasteiger partial charge on any atom is 0.207 e. The van der Waals surface area contributed by atoms with E-state index in [-0.39, 0.29) is 0 Å². The monoisotopic (exact) mass is 177 g/mol. The number of hydrogen-bond acceptors (Lipinski definition) is 1. The van der Waals surface area contributed by atoms with Gasteiger partial charge in [0.25, 0.3) is 0 Å². The molecule has 2 nitrogen and oxygen atoms in total. The second-order valence-corrected chi connectivity index (χ2v) is 3.38. The van der Waals surface area contributed by atoms with Gasteiger partial charge in [-0.3, -0.25) is 4.79 Å². The molecule has 0 spiro atoms. The molecule has 1 rings (SSSR count). The molecule has 0 saturated carbocycles. The minimum Gasteiger partial charge on any atom is -0.355 e. The summed E-state index contributed by atoms with van der Waals surface area (Å²) in [5.74, 6) is 0. The summed E-state index contributed by atoms with van der Waals surface area (Å²) >= 11 is 0. The number of benzene rings is 1. The molecule has 0 aliphatic rings. The summed E-state index contributed by atoms with van der Waals surface area (Å²) < 4.78 is 0. The van der Waals surface area contributed by atoms with E-state index in [1.807, 2.05) is 0 Å². The van der Waals surface area contributed by atoms with Crippen molar-refractivity contribution in [2.24, 2.45) is 0 Å². The van der Waals surface area contributed by atoms with Gasteiger partial charge >= 0.3 is 0 Å². The fourth-order valence-corrected chi connectivity index (χ4v) is 1.63. The maximum absolute atomic E-state index is 10.2.